The average Bonchev–Trinajstić information content (AvgIpc) is 3.02. The maximum absolute atomic E-state index is 13.7. The second-order valence-corrected chi connectivity index (χ2v) is 5.43. The second kappa shape index (κ2) is 4.85. The third kappa shape index (κ3) is 2.26. The Morgan fingerprint density at radius 3 is 2.75 bits per heavy atom. The molecule has 1 fully saturated rings. The average molecular weight is 279 g/mol. The van der Waals surface area contributed by atoms with Crippen molar-refractivity contribution in [3.05, 3.63) is 29.6 Å². The Bertz CT molecular complexity index is 641. The van der Waals surface area contributed by atoms with Crippen LogP contribution in [-0.2, 0) is 0 Å². The Morgan fingerprint density at radius 1 is 1.25 bits per heavy atom. The van der Waals surface area contributed by atoms with Crippen LogP contribution in [0, 0.1) is 17.6 Å². The molecule has 20 heavy (non-hydrogen) atoms. The number of benzene rings is 1. The van der Waals surface area contributed by atoms with Crippen molar-refractivity contribution in [2.45, 2.75) is 32.1 Å². The molecule has 0 radical (unpaired) electrons. The van der Waals surface area contributed by atoms with Gasteiger partial charge in [0.05, 0.1) is 11.3 Å². The Morgan fingerprint density at radius 2 is 2.05 bits per heavy atom. The number of halogens is 2. The quantitative estimate of drug-likeness (QED) is 0.854. The first-order valence-electron chi connectivity index (χ1n) is 6.63. The molecule has 1 aromatic heterocycles. The lowest BCUT2D eigenvalue weighted by Crippen LogP contribution is -1.97. The molecule has 1 aromatic carbocycles. The topological polar surface area (TPSA) is 64.9 Å². The molecular formula is C14H15F2N3O. The van der Waals surface area contributed by atoms with Crippen LogP contribution in [0.3, 0.4) is 0 Å². The van der Waals surface area contributed by atoms with Gasteiger partial charge in [-0.2, -0.15) is 4.98 Å². The van der Waals surface area contributed by atoms with Crippen LogP contribution in [0.2, 0.25) is 0 Å². The van der Waals surface area contributed by atoms with Crippen molar-refractivity contribution in [3.63, 3.8) is 0 Å². The van der Waals surface area contributed by atoms with Crippen molar-refractivity contribution >= 4 is 5.69 Å². The lowest BCUT2D eigenvalue weighted by Gasteiger charge is -2.02. The van der Waals surface area contributed by atoms with Gasteiger partial charge in [0.2, 0.25) is 0 Å². The number of nitrogens with two attached hydrogens (primary N) is 1. The summed E-state index contributed by atoms with van der Waals surface area (Å²) < 4.78 is 32.0. The summed E-state index contributed by atoms with van der Waals surface area (Å²) in [6.45, 7) is 2.18. The Labute approximate surface area is 115 Å². The zero-order valence-corrected chi connectivity index (χ0v) is 11.1. The van der Waals surface area contributed by atoms with Crippen LogP contribution in [0.5, 0.6) is 0 Å². The number of nitrogen functional groups attached to an aromatic ring is 1. The van der Waals surface area contributed by atoms with E-state index >= 15 is 0 Å². The van der Waals surface area contributed by atoms with E-state index in [0.29, 0.717) is 11.7 Å². The SMILES string of the molecule is CC1CCC(c2noc(-c3cc(N)c(F)cc3F)n2)C1. The van der Waals surface area contributed by atoms with Crippen molar-refractivity contribution in [2.75, 3.05) is 5.73 Å². The minimum absolute atomic E-state index is 0.0358. The molecule has 0 amide bonds. The van der Waals surface area contributed by atoms with Crippen molar-refractivity contribution < 1.29 is 13.3 Å². The summed E-state index contributed by atoms with van der Waals surface area (Å²) in [6, 6.07) is 1.91. The molecule has 2 atom stereocenters. The van der Waals surface area contributed by atoms with E-state index in [0.717, 1.165) is 25.3 Å². The number of aromatic nitrogens is 2. The zero-order chi connectivity index (χ0) is 14.3. The van der Waals surface area contributed by atoms with Gasteiger partial charge >= 0.3 is 0 Å². The summed E-state index contributed by atoms with van der Waals surface area (Å²) in [6.07, 6.45) is 3.15. The van der Waals surface area contributed by atoms with Gasteiger partial charge in [0.1, 0.15) is 11.6 Å². The van der Waals surface area contributed by atoms with E-state index in [1.165, 1.54) is 6.07 Å². The molecule has 3 rings (SSSR count). The third-order valence-corrected chi connectivity index (χ3v) is 3.82. The van der Waals surface area contributed by atoms with Crippen molar-refractivity contribution in [1.29, 1.82) is 0 Å². The molecule has 6 heteroatoms. The largest absolute Gasteiger partial charge is 0.396 e. The standard InChI is InChI=1S/C14H15F2N3O/c1-7-2-3-8(4-7)13-18-14(20-19-13)9-5-12(17)11(16)6-10(9)15/h5-8H,2-4,17H2,1H3. The van der Waals surface area contributed by atoms with Gasteiger partial charge < -0.3 is 10.3 Å². The predicted octanol–water partition coefficient (Wildman–Crippen LogP) is 3.50. The van der Waals surface area contributed by atoms with Crippen LogP contribution in [0.25, 0.3) is 11.5 Å². The molecule has 0 bridgehead atoms. The Balaban J connectivity index is 1.92. The lowest BCUT2D eigenvalue weighted by molar-refractivity contribution is 0.412. The maximum Gasteiger partial charge on any atom is 0.260 e. The normalized spacial score (nSPS) is 22.4. The van der Waals surface area contributed by atoms with Gasteiger partial charge in [-0.1, -0.05) is 12.1 Å². The molecule has 0 spiro atoms. The van der Waals surface area contributed by atoms with E-state index in [2.05, 4.69) is 17.1 Å². The molecule has 0 saturated heterocycles. The first-order chi connectivity index (χ1) is 9.54. The molecule has 106 valence electrons. The summed E-state index contributed by atoms with van der Waals surface area (Å²) in [4.78, 5) is 4.23. The zero-order valence-electron chi connectivity index (χ0n) is 11.1. The van der Waals surface area contributed by atoms with Crippen molar-refractivity contribution in [1.82, 2.24) is 10.1 Å². The molecular weight excluding hydrogens is 264 g/mol. The van der Waals surface area contributed by atoms with Crippen LogP contribution >= 0.6 is 0 Å². The number of hydrogen-bond acceptors (Lipinski definition) is 4. The highest BCUT2D eigenvalue weighted by Gasteiger charge is 2.27. The maximum atomic E-state index is 13.7. The molecule has 4 nitrogen and oxygen atoms in total. The van der Waals surface area contributed by atoms with Gasteiger partial charge in [-0.25, -0.2) is 8.78 Å². The summed E-state index contributed by atoms with van der Waals surface area (Å²) in [5, 5.41) is 3.91. The minimum Gasteiger partial charge on any atom is -0.396 e. The Kier molecular flexibility index (Phi) is 3.16. The number of rotatable bonds is 2. The van der Waals surface area contributed by atoms with Crippen molar-refractivity contribution in [3.8, 4) is 11.5 Å². The summed E-state index contributed by atoms with van der Waals surface area (Å²) in [5.74, 6) is -0.0267. The smallest absolute Gasteiger partial charge is 0.260 e. The van der Waals surface area contributed by atoms with Crippen LogP contribution in [0.1, 0.15) is 37.9 Å². The fourth-order valence-electron chi connectivity index (χ4n) is 2.68. The highest BCUT2D eigenvalue weighted by molar-refractivity contribution is 5.61. The van der Waals surface area contributed by atoms with Crippen molar-refractivity contribution in [2.24, 2.45) is 5.92 Å². The Hall–Kier alpha value is -1.98. The monoisotopic (exact) mass is 279 g/mol. The van der Waals surface area contributed by atoms with E-state index < -0.39 is 11.6 Å². The number of anilines is 1. The van der Waals surface area contributed by atoms with Gasteiger partial charge in [0.25, 0.3) is 5.89 Å². The van der Waals surface area contributed by atoms with E-state index in [4.69, 9.17) is 10.3 Å². The molecule has 1 heterocycles. The van der Waals surface area contributed by atoms with Crippen LogP contribution < -0.4 is 5.73 Å². The lowest BCUT2D eigenvalue weighted by atomic mass is 10.1. The minimum atomic E-state index is -0.796. The van der Waals surface area contributed by atoms with Gasteiger partial charge in [0, 0.05) is 12.0 Å². The summed E-state index contributed by atoms with van der Waals surface area (Å²) in [7, 11) is 0. The predicted molar refractivity (Wildman–Crippen MR) is 69.8 cm³/mol. The van der Waals surface area contributed by atoms with Gasteiger partial charge in [0.15, 0.2) is 5.82 Å². The molecule has 2 aromatic rings. The number of hydrogen-bond donors (Lipinski definition) is 1. The summed E-state index contributed by atoms with van der Waals surface area (Å²) in [5.41, 5.74) is 5.34. The van der Waals surface area contributed by atoms with E-state index in [9.17, 15) is 8.78 Å². The first-order valence-corrected chi connectivity index (χ1v) is 6.63. The highest BCUT2D eigenvalue weighted by atomic mass is 19.1. The van der Waals surface area contributed by atoms with Gasteiger partial charge in [-0.3, -0.25) is 0 Å². The third-order valence-electron chi connectivity index (χ3n) is 3.82. The first kappa shape index (κ1) is 13.0. The van der Waals surface area contributed by atoms with Crippen LogP contribution in [0.15, 0.2) is 16.7 Å². The molecule has 1 saturated carbocycles. The van der Waals surface area contributed by atoms with Crippen LogP contribution in [0.4, 0.5) is 14.5 Å². The van der Waals surface area contributed by atoms with E-state index in [1.54, 1.807) is 0 Å². The molecule has 2 N–H and O–H groups in total. The molecule has 1 aliphatic rings. The fraction of sp³-hybridized carbons (Fsp3) is 0.429. The highest BCUT2D eigenvalue weighted by Crippen LogP contribution is 2.37. The van der Waals surface area contributed by atoms with Crippen LogP contribution in [-0.4, -0.2) is 10.1 Å². The number of nitrogens with zero attached hydrogens (tertiary/aromatic N) is 2. The summed E-state index contributed by atoms with van der Waals surface area (Å²) >= 11 is 0. The molecule has 1 aliphatic carbocycles. The van der Waals surface area contributed by atoms with E-state index in [1.807, 2.05) is 0 Å². The molecule has 2 unspecified atom stereocenters. The van der Waals surface area contributed by atoms with E-state index in [-0.39, 0.29) is 23.1 Å². The second-order valence-electron chi connectivity index (χ2n) is 5.43. The van der Waals surface area contributed by atoms with Gasteiger partial charge in [-0.05, 0) is 31.2 Å². The molecule has 0 aliphatic heterocycles. The fourth-order valence-corrected chi connectivity index (χ4v) is 2.68. The van der Waals surface area contributed by atoms with Gasteiger partial charge in [-0.15, -0.1) is 0 Å².